The van der Waals surface area contributed by atoms with Crippen LogP contribution in [0, 0.1) is 5.82 Å². The third-order valence-corrected chi connectivity index (χ3v) is 3.76. The Morgan fingerprint density at radius 3 is 2.57 bits per heavy atom. The number of hydrogen-bond acceptors (Lipinski definition) is 7. The molecule has 0 aliphatic carbocycles. The maximum Gasteiger partial charge on any atom is 0.350 e. The van der Waals surface area contributed by atoms with Crippen LogP contribution < -0.4 is 5.32 Å². The average Bonchev–Trinajstić information content (AvgIpc) is 2.78. The van der Waals surface area contributed by atoms with Crippen LogP contribution in [-0.2, 0) is 19.1 Å². The summed E-state index contributed by atoms with van der Waals surface area (Å²) in [5.74, 6) is -3.19. The molecule has 1 fully saturated rings. The number of benzene rings is 1. The molecule has 1 aromatic carbocycles. The zero-order valence-electron chi connectivity index (χ0n) is 12.1. The van der Waals surface area contributed by atoms with Gasteiger partial charge in [0.2, 0.25) is 0 Å². The van der Waals surface area contributed by atoms with E-state index >= 15 is 0 Å². The van der Waals surface area contributed by atoms with Crippen molar-refractivity contribution in [2.75, 3.05) is 5.32 Å². The number of nitrogens with one attached hydrogen (secondary N) is 1. The summed E-state index contributed by atoms with van der Waals surface area (Å²) < 4.78 is 23.7. The molecule has 0 saturated carbocycles. The first-order valence-corrected chi connectivity index (χ1v) is 7.15. The minimum absolute atomic E-state index is 0. The molecule has 0 atom stereocenters. The van der Waals surface area contributed by atoms with Crippen LogP contribution in [0.1, 0.15) is 13.8 Å². The molecule has 0 amide bonds. The van der Waals surface area contributed by atoms with Crippen LogP contribution >= 0.6 is 11.3 Å². The molecule has 0 bridgehead atoms. The molecule has 1 N–H and O–H groups in total. The third-order valence-electron chi connectivity index (χ3n) is 2.81. The number of nitrogens with zero attached hydrogens (tertiary/aromatic N) is 1. The molecule has 1 aliphatic rings. The van der Waals surface area contributed by atoms with E-state index < -0.39 is 17.7 Å². The van der Waals surface area contributed by atoms with Gasteiger partial charge in [0, 0.05) is 20.0 Å². The summed E-state index contributed by atoms with van der Waals surface area (Å²) in [6, 6.07) is 4.21. The highest BCUT2D eigenvalue weighted by Crippen LogP contribution is 2.27. The standard InChI is InChI=1S/C14H11FN2O4S.FH/c1-14(2)20-11(18)8(12(19)21-14)6-16-13-17-9-4-3-7(15)5-10(9)22-13;/h3-6H,1-2H3,(H,16,17);1H. The Kier molecular flexibility index (Phi) is 4.33. The van der Waals surface area contributed by atoms with E-state index in [0.717, 1.165) is 0 Å². The molecule has 1 aromatic heterocycles. The van der Waals surface area contributed by atoms with Gasteiger partial charge in [-0.05, 0) is 18.2 Å². The third kappa shape index (κ3) is 3.45. The molecule has 0 spiro atoms. The molecule has 2 heterocycles. The highest BCUT2D eigenvalue weighted by molar-refractivity contribution is 7.22. The van der Waals surface area contributed by atoms with E-state index in [2.05, 4.69) is 10.3 Å². The van der Waals surface area contributed by atoms with Crippen molar-refractivity contribution in [3.8, 4) is 0 Å². The number of anilines is 1. The number of rotatable bonds is 2. The monoisotopic (exact) mass is 342 g/mol. The molecular weight excluding hydrogens is 330 g/mol. The minimum atomic E-state index is -1.28. The van der Waals surface area contributed by atoms with Crippen molar-refractivity contribution < 1.29 is 28.2 Å². The Morgan fingerprint density at radius 1 is 1.26 bits per heavy atom. The first-order valence-electron chi connectivity index (χ1n) is 6.33. The number of esters is 2. The Bertz CT molecular complexity index is 794. The number of halogens is 2. The number of carbonyl (C=O) groups is 2. The van der Waals surface area contributed by atoms with E-state index in [4.69, 9.17) is 9.47 Å². The van der Waals surface area contributed by atoms with Crippen molar-refractivity contribution in [1.29, 1.82) is 0 Å². The first-order chi connectivity index (χ1) is 10.3. The second-order valence-corrected chi connectivity index (χ2v) is 6.04. The summed E-state index contributed by atoms with van der Waals surface area (Å²) in [5.41, 5.74) is 0.354. The minimum Gasteiger partial charge on any atom is -0.419 e. The van der Waals surface area contributed by atoms with E-state index in [9.17, 15) is 14.0 Å². The van der Waals surface area contributed by atoms with Gasteiger partial charge in [0.25, 0.3) is 5.79 Å². The van der Waals surface area contributed by atoms with Gasteiger partial charge in [-0.15, -0.1) is 0 Å². The topological polar surface area (TPSA) is 77.5 Å². The van der Waals surface area contributed by atoms with Gasteiger partial charge in [0.1, 0.15) is 5.82 Å². The number of hydrogen-bond donors (Lipinski definition) is 1. The summed E-state index contributed by atoms with van der Waals surface area (Å²) in [7, 11) is 0. The van der Waals surface area contributed by atoms with E-state index in [-0.39, 0.29) is 16.1 Å². The van der Waals surface area contributed by atoms with Gasteiger partial charge in [-0.1, -0.05) is 11.3 Å². The quantitative estimate of drug-likeness (QED) is 0.514. The Labute approximate surface area is 133 Å². The lowest BCUT2D eigenvalue weighted by molar-refractivity contribution is -0.222. The van der Waals surface area contributed by atoms with Crippen LogP contribution in [0.2, 0.25) is 0 Å². The van der Waals surface area contributed by atoms with Crippen molar-refractivity contribution in [2.24, 2.45) is 0 Å². The van der Waals surface area contributed by atoms with E-state index in [1.807, 2.05) is 0 Å². The van der Waals surface area contributed by atoms with Crippen LogP contribution in [0.4, 0.5) is 14.2 Å². The maximum absolute atomic E-state index is 13.1. The highest BCUT2D eigenvalue weighted by atomic mass is 32.1. The largest absolute Gasteiger partial charge is 0.419 e. The fourth-order valence-corrected chi connectivity index (χ4v) is 2.73. The molecule has 1 aliphatic heterocycles. The molecular formula is C14H12F2N2O4S. The van der Waals surface area contributed by atoms with Gasteiger partial charge in [0.05, 0.1) is 10.2 Å². The van der Waals surface area contributed by atoms with Gasteiger partial charge < -0.3 is 14.8 Å². The molecule has 0 radical (unpaired) electrons. The van der Waals surface area contributed by atoms with Gasteiger partial charge >= 0.3 is 11.9 Å². The summed E-state index contributed by atoms with van der Waals surface area (Å²) in [4.78, 5) is 27.7. The Morgan fingerprint density at radius 2 is 1.91 bits per heavy atom. The predicted molar refractivity (Wildman–Crippen MR) is 80.0 cm³/mol. The highest BCUT2D eigenvalue weighted by Gasteiger charge is 2.38. The second-order valence-electron chi connectivity index (χ2n) is 5.01. The zero-order chi connectivity index (χ0) is 15.9. The number of carbonyl (C=O) groups excluding carboxylic acids is 2. The molecule has 6 nitrogen and oxygen atoms in total. The maximum atomic E-state index is 13.1. The number of thiazole rings is 1. The summed E-state index contributed by atoms with van der Waals surface area (Å²) in [6.45, 7) is 2.93. The molecule has 1 saturated heterocycles. The summed E-state index contributed by atoms with van der Waals surface area (Å²) in [6.07, 6.45) is 1.17. The van der Waals surface area contributed by atoms with Crippen molar-refractivity contribution in [3.63, 3.8) is 0 Å². The Balaban J connectivity index is 0.00000192. The van der Waals surface area contributed by atoms with Crippen LogP contribution in [-0.4, -0.2) is 22.7 Å². The molecule has 122 valence electrons. The van der Waals surface area contributed by atoms with Crippen molar-refractivity contribution in [1.82, 2.24) is 4.98 Å². The smallest absolute Gasteiger partial charge is 0.350 e. The van der Waals surface area contributed by atoms with Gasteiger partial charge in [-0.2, -0.15) is 0 Å². The summed E-state index contributed by atoms with van der Waals surface area (Å²) in [5, 5.41) is 3.15. The average molecular weight is 342 g/mol. The molecule has 9 heteroatoms. The number of aromatic nitrogens is 1. The number of fused-ring (bicyclic) bond motifs is 1. The van der Waals surface area contributed by atoms with E-state index in [0.29, 0.717) is 15.3 Å². The van der Waals surface area contributed by atoms with Crippen LogP contribution in [0.15, 0.2) is 30.0 Å². The zero-order valence-corrected chi connectivity index (χ0v) is 12.9. The van der Waals surface area contributed by atoms with Crippen LogP contribution in [0.25, 0.3) is 10.2 Å². The fraction of sp³-hybridized carbons (Fsp3) is 0.214. The molecule has 23 heavy (non-hydrogen) atoms. The lowest BCUT2D eigenvalue weighted by Crippen LogP contribution is -2.42. The predicted octanol–water partition coefficient (Wildman–Crippen LogP) is 2.72. The molecule has 3 rings (SSSR count). The Hall–Kier alpha value is -2.55. The van der Waals surface area contributed by atoms with Crippen molar-refractivity contribution >= 4 is 38.6 Å². The first kappa shape index (κ1) is 16.8. The van der Waals surface area contributed by atoms with Crippen LogP contribution in [0.3, 0.4) is 0 Å². The van der Waals surface area contributed by atoms with Gasteiger partial charge in [0.15, 0.2) is 10.7 Å². The summed E-state index contributed by atoms with van der Waals surface area (Å²) >= 11 is 1.19. The van der Waals surface area contributed by atoms with Crippen molar-refractivity contribution in [2.45, 2.75) is 19.6 Å². The number of cyclic esters (lactones) is 2. The normalized spacial score (nSPS) is 16.4. The van der Waals surface area contributed by atoms with Crippen molar-refractivity contribution in [3.05, 3.63) is 35.8 Å². The second kappa shape index (κ2) is 5.92. The van der Waals surface area contributed by atoms with Crippen LogP contribution in [0.5, 0.6) is 0 Å². The van der Waals surface area contributed by atoms with Gasteiger partial charge in [-0.25, -0.2) is 19.0 Å². The number of ether oxygens (including phenoxy) is 2. The van der Waals surface area contributed by atoms with E-state index in [1.165, 1.54) is 43.5 Å². The molecule has 0 unspecified atom stereocenters. The van der Waals surface area contributed by atoms with E-state index in [1.54, 1.807) is 6.07 Å². The molecule has 2 aromatic rings. The van der Waals surface area contributed by atoms with Gasteiger partial charge in [-0.3, -0.25) is 4.70 Å². The fourth-order valence-electron chi connectivity index (χ4n) is 1.87. The lowest BCUT2D eigenvalue weighted by Gasteiger charge is -2.29. The lowest BCUT2D eigenvalue weighted by atomic mass is 10.2. The SMILES string of the molecule is CC1(C)OC(=O)C(=CNc2nc3ccc(F)cc3s2)C(=O)O1.F.